The van der Waals surface area contributed by atoms with Crippen molar-refractivity contribution >= 4 is 11.9 Å². The van der Waals surface area contributed by atoms with Gasteiger partial charge in [0.1, 0.15) is 17.3 Å². The minimum Gasteiger partial charge on any atom is -0.508 e. The molecular formula is C15H11FO3. The Bertz CT molecular complexity index is 648. The van der Waals surface area contributed by atoms with Gasteiger partial charge in [-0.05, 0) is 35.9 Å². The molecule has 19 heavy (non-hydrogen) atoms. The van der Waals surface area contributed by atoms with Crippen molar-refractivity contribution in [2.24, 2.45) is 0 Å². The number of phenols is 2. The molecule has 0 unspecified atom stereocenters. The molecule has 0 fully saturated rings. The van der Waals surface area contributed by atoms with Crippen LogP contribution >= 0.6 is 0 Å². The van der Waals surface area contributed by atoms with Crippen molar-refractivity contribution in [2.45, 2.75) is 0 Å². The molecule has 0 aliphatic carbocycles. The molecule has 0 atom stereocenters. The van der Waals surface area contributed by atoms with Gasteiger partial charge >= 0.3 is 0 Å². The highest BCUT2D eigenvalue weighted by Gasteiger charge is 2.08. The monoisotopic (exact) mass is 258 g/mol. The van der Waals surface area contributed by atoms with Gasteiger partial charge in [-0.15, -0.1) is 0 Å². The summed E-state index contributed by atoms with van der Waals surface area (Å²) in [5.41, 5.74) is 0.622. The summed E-state index contributed by atoms with van der Waals surface area (Å²) in [5.74, 6) is -1.24. The van der Waals surface area contributed by atoms with Gasteiger partial charge in [0.25, 0.3) is 0 Å². The molecule has 0 aliphatic heterocycles. The summed E-state index contributed by atoms with van der Waals surface area (Å²) in [7, 11) is 0. The first kappa shape index (κ1) is 12.8. The number of hydrogen-bond acceptors (Lipinski definition) is 3. The van der Waals surface area contributed by atoms with E-state index >= 15 is 0 Å². The van der Waals surface area contributed by atoms with Crippen molar-refractivity contribution in [3.05, 3.63) is 65.5 Å². The predicted octanol–water partition coefficient (Wildman–Crippen LogP) is 3.13. The molecule has 0 aliphatic rings. The van der Waals surface area contributed by atoms with Crippen molar-refractivity contribution in [2.75, 3.05) is 0 Å². The van der Waals surface area contributed by atoms with Crippen molar-refractivity contribution < 1.29 is 19.4 Å². The summed E-state index contributed by atoms with van der Waals surface area (Å²) in [6, 6.07) is 9.52. The minimum atomic E-state index is -0.429. The first-order chi connectivity index (χ1) is 9.06. The van der Waals surface area contributed by atoms with Crippen LogP contribution in [-0.4, -0.2) is 16.0 Å². The molecule has 0 saturated heterocycles. The van der Waals surface area contributed by atoms with Crippen LogP contribution in [0.3, 0.4) is 0 Å². The zero-order valence-electron chi connectivity index (χ0n) is 9.88. The summed E-state index contributed by atoms with van der Waals surface area (Å²) in [6.07, 6.45) is 2.69. The first-order valence-corrected chi connectivity index (χ1v) is 5.56. The summed E-state index contributed by atoms with van der Waals surface area (Å²) < 4.78 is 12.9. The number of rotatable bonds is 3. The second-order valence-corrected chi connectivity index (χ2v) is 3.95. The lowest BCUT2D eigenvalue weighted by Crippen LogP contribution is -1.94. The Labute approximate surface area is 109 Å². The van der Waals surface area contributed by atoms with Gasteiger partial charge in [-0.25, -0.2) is 4.39 Å². The third-order valence-corrected chi connectivity index (χ3v) is 2.52. The molecule has 2 rings (SSSR count). The van der Waals surface area contributed by atoms with Gasteiger partial charge in [0.15, 0.2) is 5.78 Å². The van der Waals surface area contributed by atoms with Crippen molar-refractivity contribution in [3.8, 4) is 11.5 Å². The first-order valence-electron chi connectivity index (χ1n) is 5.56. The van der Waals surface area contributed by atoms with Gasteiger partial charge in [-0.2, -0.15) is 0 Å². The standard InChI is InChI=1S/C15H11FO3/c16-11-3-1-2-10(8-11)4-7-14(18)13-6-5-12(17)9-15(13)19/h1-9,17,19H/b7-4+. The van der Waals surface area contributed by atoms with E-state index in [1.165, 1.54) is 42.5 Å². The summed E-state index contributed by atoms with van der Waals surface area (Å²) in [6.45, 7) is 0. The SMILES string of the molecule is O=C(/C=C/c1cccc(F)c1)c1ccc(O)cc1O. The quantitative estimate of drug-likeness (QED) is 0.657. The number of carbonyl (C=O) groups excluding carboxylic acids is 1. The number of benzene rings is 2. The van der Waals surface area contributed by atoms with Gasteiger partial charge in [0, 0.05) is 6.07 Å². The topological polar surface area (TPSA) is 57.5 Å². The van der Waals surface area contributed by atoms with Gasteiger partial charge in [-0.3, -0.25) is 4.79 Å². The molecule has 0 radical (unpaired) electrons. The highest BCUT2D eigenvalue weighted by molar-refractivity contribution is 6.08. The Morgan fingerprint density at radius 2 is 1.89 bits per heavy atom. The fraction of sp³-hybridized carbons (Fsp3) is 0. The number of aromatic hydroxyl groups is 2. The van der Waals surface area contributed by atoms with E-state index in [0.717, 1.165) is 6.07 Å². The Morgan fingerprint density at radius 3 is 2.58 bits per heavy atom. The lowest BCUT2D eigenvalue weighted by molar-refractivity contribution is 0.104. The van der Waals surface area contributed by atoms with Crippen LogP contribution in [0, 0.1) is 5.82 Å². The molecule has 0 aromatic heterocycles. The molecular weight excluding hydrogens is 247 g/mol. The average Bonchev–Trinajstić information content (AvgIpc) is 2.36. The third kappa shape index (κ3) is 3.19. The summed E-state index contributed by atoms with van der Waals surface area (Å²) in [4.78, 5) is 11.8. The molecule has 0 amide bonds. The maximum absolute atomic E-state index is 12.9. The van der Waals surface area contributed by atoms with Crippen LogP contribution in [0.1, 0.15) is 15.9 Å². The maximum Gasteiger partial charge on any atom is 0.189 e. The normalized spacial score (nSPS) is 10.8. The maximum atomic E-state index is 12.9. The van der Waals surface area contributed by atoms with Crippen LogP contribution in [0.4, 0.5) is 4.39 Å². The Balaban J connectivity index is 2.21. The van der Waals surface area contributed by atoms with E-state index in [1.807, 2.05) is 0 Å². The van der Waals surface area contributed by atoms with E-state index in [9.17, 15) is 14.3 Å². The molecule has 0 bridgehead atoms. The van der Waals surface area contributed by atoms with Crippen LogP contribution in [0.15, 0.2) is 48.5 Å². The van der Waals surface area contributed by atoms with E-state index in [0.29, 0.717) is 5.56 Å². The van der Waals surface area contributed by atoms with Gasteiger partial charge in [0.2, 0.25) is 0 Å². The largest absolute Gasteiger partial charge is 0.508 e. The fourth-order valence-corrected chi connectivity index (χ4v) is 1.60. The molecule has 2 aromatic carbocycles. The molecule has 0 heterocycles. The van der Waals surface area contributed by atoms with Crippen molar-refractivity contribution in [1.29, 1.82) is 0 Å². The Hall–Kier alpha value is -2.62. The summed E-state index contributed by atoms with van der Waals surface area (Å²) >= 11 is 0. The van der Waals surface area contributed by atoms with E-state index < -0.39 is 5.78 Å². The number of allylic oxidation sites excluding steroid dienone is 1. The van der Waals surface area contributed by atoms with Crippen molar-refractivity contribution in [3.63, 3.8) is 0 Å². The smallest absolute Gasteiger partial charge is 0.189 e. The lowest BCUT2D eigenvalue weighted by atomic mass is 10.1. The Kier molecular flexibility index (Phi) is 3.61. The number of carbonyl (C=O) groups is 1. The second-order valence-electron chi connectivity index (χ2n) is 3.95. The third-order valence-electron chi connectivity index (χ3n) is 2.52. The van der Waals surface area contributed by atoms with Gasteiger partial charge in [0.05, 0.1) is 5.56 Å². The summed E-state index contributed by atoms with van der Waals surface area (Å²) in [5, 5.41) is 18.7. The molecule has 3 nitrogen and oxygen atoms in total. The van der Waals surface area contributed by atoms with Crippen LogP contribution in [0.25, 0.3) is 6.08 Å². The van der Waals surface area contributed by atoms with Gasteiger partial charge < -0.3 is 10.2 Å². The number of hydrogen-bond donors (Lipinski definition) is 2. The molecule has 96 valence electrons. The zero-order valence-corrected chi connectivity index (χ0v) is 9.88. The lowest BCUT2D eigenvalue weighted by Gasteiger charge is -2.01. The molecule has 0 spiro atoms. The minimum absolute atomic E-state index is 0.0745. The molecule has 2 aromatic rings. The van der Waals surface area contributed by atoms with E-state index in [-0.39, 0.29) is 22.9 Å². The van der Waals surface area contributed by atoms with E-state index in [2.05, 4.69) is 0 Å². The van der Waals surface area contributed by atoms with E-state index in [1.54, 1.807) is 6.07 Å². The highest BCUT2D eigenvalue weighted by atomic mass is 19.1. The molecule has 0 saturated carbocycles. The van der Waals surface area contributed by atoms with Crippen LogP contribution in [0.5, 0.6) is 11.5 Å². The molecule has 4 heteroatoms. The van der Waals surface area contributed by atoms with Crippen LogP contribution in [-0.2, 0) is 0 Å². The number of phenolic OH excluding ortho intramolecular Hbond substituents is 2. The number of ketones is 1. The fourth-order valence-electron chi connectivity index (χ4n) is 1.60. The van der Waals surface area contributed by atoms with Crippen LogP contribution < -0.4 is 0 Å². The number of halogens is 1. The highest BCUT2D eigenvalue weighted by Crippen LogP contribution is 2.23. The second kappa shape index (κ2) is 5.35. The molecule has 2 N–H and O–H groups in total. The average molecular weight is 258 g/mol. The van der Waals surface area contributed by atoms with E-state index in [4.69, 9.17) is 5.11 Å². The Morgan fingerprint density at radius 1 is 1.11 bits per heavy atom. The van der Waals surface area contributed by atoms with Gasteiger partial charge in [-0.1, -0.05) is 18.2 Å². The predicted molar refractivity (Wildman–Crippen MR) is 69.5 cm³/mol. The zero-order chi connectivity index (χ0) is 13.8. The van der Waals surface area contributed by atoms with Crippen LogP contribution in [0.2, 0.25) is 0 Å². The van der Waals surface area contributed by atoms with Crippen molar-refractivity contribution in [1.82, 2.24) is 0 Å².